The molecule has 26 heavy (non-hydrogen) atoms. The molecule has 0 spiro atoms. The number of hydrogen-bond acceptors (Lipinski definition) is 6. The Kier molecular flexibility index (Phi) is 3.96. The highest BCUT2D eigenvalue weighted by atomic mass is 16.5. The summed E-state index contributed by atoms with van der Waals surface area (Å²) in [5.41, 5.74) is 2.97. The van der Waals surface area contributed by atoms with Crippen LogP contribution in [0.15, 0.2) is 53.1 Å². The second kappa shape index (κ2) is 6.44. The smallest absolute Gasteiger partial charge is 0.297 e. The van der Waals surface area contributed by atoms with E-state index in [1.807, 2.05) is 44.2 Å². The first kappa shape index (κ1) is 16.0. The van der Waals surface area contributed by atoms with Crippen LogP contribution >= 0.6 is 0 Å². The molecule has 130 valence electrons. The molecule has 0 saturated heterocycles. The lowest BCUT2D eigenvalue weighted by Gasteiger charge is -2.03. The number of hydrogen-bond donors (Lipinski definition) is 1. The molecule has 2 aromatic carbocycles. The van der Waals surface area contributed by atoms with E-state index in [1.54, 1.807) is 22.9 Å². The Morgan fingerprint density at radius 2 is 1.81 bits per heavy atom. The summed E-state index contributed by atoms with van der Waals surface area (Å²) < 4.78 is 7.07. The minimum atomic E-state index is 0.222. The SMILES string of the molecule is Cc1ccc(-c2noc(-c3nc(C)n(Cc4cccc(O)c4)n3)n2)cc1. The van der Waals surface area contributed by atoms with Crippen molar-refractivity contribution in [2.24, 2.45) is 0 Å². The van der Waals surface area contributed by atoms with E-state index in [0.717, 1.165) is 17.0 Å². The van der Waals surface area contributed by atoms with E-state index in [-0.39, 0.29) is 11.6 Å². The van der Waals surface area contributed by atoms with Crippen molar-refractivity contribution in [2.45, 2.75) is 20.4 Å². The van der Waals surface area contributed by atoms with Gasteiger partial charge in [0, 0.05) is 5.56 Å². The van der Waals surface area contributed by atoms with Crippen LogP contribution in [0.2, 0.25) is 0 Å². The molecule has 0 saturated carbocycles. The number of aromatic nitrogens is 5. The molecule has 0 fully saturated rings. The first-order valence-corrected chi connectivity index (χ1v) is 8.19. The van der Waals surface area contributed by atoms with Gasteiger partial charge in [0.1, 0.15) is 11.6 Å². The van der Waals surface area contributed by atoms with Gasteiger partial charge in [-0.3, -0.25) is 0 Å². The first-order chi connectivity index (χ1) is 12.6. The Bertz CT molecular complexity index is 1050. The molecule has 0 atom stereocenters. The second-order valence-electron chi connectivity index (χ2n) is 6.10. The number of nitrogens with zero attached hydrogens (tertiary/aromatic N) is 5. The zero-order valence-electron chi connectivity index (χ0n) is 14.4. The standard InChI is InChI=1S/C19H17N5O2/c1-12-6-8-15(9-7-12)17-21-19(26-23-17)18-20-13(2)24(22-18)11-14-4-3-5-16(25)10-14/h3-10,25H,11H2,1-2H3. The van der Waals surface area contributed by atoms with Crippen LogP contribution in [0.4, 0.5) is 0 Å². The third-order valence-corrected chi connectivity index (χ3v) is 4.03. The Hall–Kier alpha value is -3.48. The molecule has 7 nitrogen and oxygen atoms in total. The second-order valence-corrected chi connectivity index (χ2v) is 6.10. The van der Waals surface area contributed by atoms with E-state index in [1.165, 1.54) is 5.56 Å². The maximum Gasteiger partial charge on any atom is 0.297 e. The van der Waals surface area contributed by atoms with Gasteiger partial charge < -0.3 is 9.63 Å². The predicted molar refractivity (Wildman–Crippen MR) is 95.4 cm³/mol. The van der Waals surface area contributed by atoms with Crippen molar-refractivity contribution < 1.29 is 9.63 Å². The molecular weight excluding hydrogens is 330 g/mol. The van der Waals surface area contributed by atoms with Gasteiger partial charge in [0.25, 0.3) is 5.89 Å². The Labute approximate surface area is 150 Å². The fraction of sp³-hybridized carbons (Fsp3) is 0.158. The van der Waals surface area contributed by atoms with Crippen molar-refractivity contribution in [3.8, 4) is 28.9 Å². The van der Waals surface area contributed by atoms with Crippen LogP contribution in [0.5, 0.6) is 5.75 Å². The summed E-state index contributed by atoms with van der Waals surface area (Å²) in [7, 11) is 0. The third-order valence-electron chi connectivity index (χ3n) is 4.03. The van der Waals surface area contributed by atoms with Crippen LogP contribution in [0.3, 0.4) is 0 Å². The fourth-order valence-electron chi connectivity index (χ4n) is 2.62. The average molecular weight is 347 g/mol. The van der Waals surface area contributed by atoms with Crippen molar-refractivity contribution >= 4 is 0 Å². The van der Waals surface area contributed by atoms with Crippen molar-refractivity contribution in [1.82, 2.24) is 24.9 Å². The van der Waals surface area contributed by atoms with Gasteiger partial charge in [-0.15, -0.1) is 5.10 Å². The molecule has 7 heteroatoms. The monoisotopic (exact) mass is 347 g/mol. The van der Waals surface area contributed by atoms with Gasteiger partial charge in [-0.05, 0) is 31.5 Å². The predicted octanol–water partition coefficient (Wildman–Crippen LogP) is 3.37. The van der Waals surface area contributed by atoms with Gasteiger partial charge >= 0.3 is 0 Å². The summed E-state index contributed by atoms with van der Waals surface area (Å²) in [4.78, 5) is 8.81. The molecule has 2 heterocycles. The minimum Gasteiger partial charge on any atom is -0.508 e. The third kappa shape index (κ3) is 3.19. The van der Waals surface area contributed by atoms with Gasteiger partial charge in [0.05, 0.1) is 6.54 Å². The minimum absolute atomic E-state index is 0.222. The highest BCUT2D eigenvalue weighted by Crippen LogP contribution is 2.21. The zero-order chi connectivity index (χ0) is 18.1. The first-order valence-electron chi connectivity index (χ1n) is 8.19. The largest absolute Gasteiger partial charge is 0.508 e. The van der Waals surface area contributed by atoms with Gasteiger partial charge in [-0.1, -0.05) is 47.1 Å². The lowest BCUT2D eigenvalue weighted by molar-refractivity contribution is 0.429. The fourth-order valence-corrected chi connectivity index (χ4v) is 2.62. The lowest BCUT2D eigenvalue weighted by Crippen LogP contribution is -2.03. The van der Waals surface area contributed by atoms with E-state index in [4.69, 9.17) is 4.52 Å². The summed E-state index contributed by atoms with van der Waals surface area (Å²) >= 11 is 0. The topological polar surface area (TPSA) is 89.9 Å². The van der Waals surface area contributed by atoms with Crippen LogP contribution in [0.25, 0.3) is 23.1 Å². The van der Waals surface area contributed by atoms with Crippen molar-refractivity contribution in [3.05, 3.63) is 65.5 Å². The van der Waals surface area contributed by atoms with Crippen LogP contribution in [0.1, 0.15) is 17.0 Å². The summed E-state index contributed by atoms with van der Waals surface area (Å²) in [6.45, 7) is 4.37. The molecule has 0 unspecified atom stereocenters. The number of phenolic OH excluding ortho intramolecular Hbond substituents is 1. The van der Waals surface area contributed by atoms with E-state index in [0.29, 0.717) is 18.2 Å². The van der Waals surface area contributed by atoms with Crippen LogP contribution in [0, 0.1) is 13.8 Å². The number of benzene rings is 2. The molecule has 0 bridgehead atoms. The normalized spacial score (nSPS) is 11.0. The van der Waals surface area contributed by atoms with Crippen LogP contribution < -0.4 is 0 Å². The van der Waals surface area contributed by atoms with Crippen LogP contribution in [-0.4, -0.2) is 30.0 Å². The van der Waals surface area contributed by atoms with Gasteiger partial charge in [0.15, 0.2) is 0 Å². The van der Waals surface area contributed by atoms with E-state index < -0.39 is 0 Å². The molecule has 0 aliphatic carbocycles. The molecule has 0 radical (unpaired) electrons. The van der Waals surface area contributed by atoms with Crippen LogP contribution in [-0.2, 0) is 6.54 Å². The van der Waals surface area contributed by atoms with Gasteiger partial charge in [0.2, 0.25) is 11.6 Å². The van der Waals surface area contributed by atoms with Crippen molar-refractivity contribution in [2.75, 3.05) is 0 Å². The summed E-state index contributed by atoms with van der Waals surface area (Å²) in [5, 5.41) is 18.1. The summed E-state index contributed by atoms with van der Waals surface area (Å²) in [6.07, 6.45) is 0. The molecule has 4 aromatic rings. The Balaban J connectivity index is 1.60. The molecule has 0 aliphatic rings. The number of rotatable bonds is 4. The summed E-state index contributed by atoms with van der Waals surface area (Å²) in [5.74, 6) is 2.10. The highest BCUT2D eigenvalue weighted by Gasteiger charge is 2.16. The van der Waals surface area contributed by atoms with Crippen molar-refractivity contribution in [1.29, 1.82) is 0 Å². The molecule has 0 amide bonds. The van der Waals surface area contributed by atoms with Gasteiger partial charge in [-0.25, -0.2) is 9.67 Å². The maximum absolute atomic E-state index is 9.59. The van der Waals surface area contributed by atoms with E-state index >= 15 is 0 Å². The highest BCUT2D eigenvalue weighted by molar-refractivity contribution is 5.57. The molecule has 0 aliphatic heterocycles. The quantitative estimate of drug-likeness (QED) is 0.609. The summed E-state index contributed by atoms with van der Waals surface area (Å²) in [6, 6.07) is 14.9. The molecular formula is C19H17N5O2. The molecule has 2 aromatic heterocycles. The lowest BCUT2D eigenvalue weighted by atomic mass is 10.1. The molecule has 4 rings (SSSR count). The zero-order valence-corrected chi connectivity index (χ0v) is 14.4. The Morgan fingerprint density at radius 1 is 1.00 bits per heavy atom. The number of aryl methyl sites for hydroxylation is 2. The van der Waals surface area contributed by atoms with Crippen molar-refractivity contribution in [3.63, 3.8) is 0 Å². The number of aromatic hydroxyl groups is 1. The van der Waals surface area contributed by atoms with E-state index in [2.05, 4.69) is 20.2 Å². The average Bonchev–Trinajstić information content (AvgIpc) is 3.23. The Morgan fingerprint density at radius 3 is 2.58 bits per heavy atom. The molecule has 1 N–H and O–H groups in total. The van der Waals surface area contributed by atoms with E-state index in [9.17, 15) is 5.11 Å². The van der Waals surface area contributed by atoms with Gasteiger partial charge in [-0.2, -0.15) is 4.98 Å². The number of phenols is 1. The maximum atomic E-state index is 9.59.